The molecule has 4 heterocycles. The summed E-state index contributed by atoms with van der Waals surface area (Å²) in [6.07, 6.45) is 4.38. The van der Waals surface area contributed by atoms with Crippen molar-refractivity contribution < 1.29 is 14.3 Å². The number of rotatable bonds is 3. The minimum absolute atomic E-state index is 0.0520. The summed E-state index contributed by atoms with van der Waals surface area (Å²) in [5.74, 6) is 1.85. The van der Waals surface area contributed by atoms with Gasteiger partial charge in [0.25, 0.3) is 0 Å². The number of carbonyl (C=O) groups is 1. The zero-order chi connectivity index (χ0) is 18.2. The molecule has 0 N–H and O–H groups in total. The van der Waals surface area contributed by atoms with E-state index in [1.807, 2.05) is 11.0 Å². The van der Waals surface area contributed by atoms with Crippen LogP contribution in [0.3, 0.4) is 0 Å². The summed E-state index contributed by atoms with van der Waals surface area (Å²) in [5, 5.41) is 0. The fraction of sp³-hybridized carbons (Fsp3) is 0.476. The Labute approximate surface area is 159 Å². The molecule has 1 aromatic heterocycles. The number of nitrogens with zero attached hydrogens (tertiary/aromatic N) is 3. The third-order valence-corrected chi connectivity index (χ3v) is 5.82. The van der Waals surface area contributed by atoms with Crippen LogP contribution in [0.4, 0.5) is 0 Å². The van der Waals surface area contributed by atoms with Gasteiger partial charge in [0.15, 0.2) is 11.5 Å². The molecule has 27 heavy (non-hydrogen) atoms. The Hall–Kier alpha value is -2.47. The molecule has 1 aromatic carbocycles. The van der Waals surface area contributed by atoms with E-state index in [-0.39, 0.29) is 11.9 Å². The third-order valence-electron chi connectivity index (χ3n) is 5.82. The number of ether oxygens (including phenoxy) is 2. The first kappa shape index (κ1) is 16.7. The van der Waals surface area contributed by atoms with Crippen LogP contribution in [0, 0.1) is 0 Å². The summed E-state index contributed by atoms with van der Waals surface area (Å²) in [5.41, 5.74) is 2.38. The lowest BCUT2D eigenvalue weighted by Gasteiger charge is -2.38. The first-order chi connectivity index (χ1) is 13.3. The summed E-state index contributed by atoms with van der Waals surface area (Å²) < 4.78 is 13.8. The molecule has 0 aliphatic carbocycles. The molecule has 1 amide bonds. The topological polar surface area (TPSA) is 46.9 Å². The molecule has 0 saturated carbocycles. The molecule has 0 spiro atoms. The Balaban J connectivity index is 1.47. The number of carbonyl (C=O) groups excluding carboxylic acids is 1. The second-order valence-electron chi connectivity index (χ2n) is 7.49. The molecule has 142 valence electrons. The van der Waals surface area contributed by atoms with Crippen LogP contribution in [0.25, 0.3) is 0 Å². The molecule has 1 saturated heterocycles. The number of fused-ring (bicyclic) bond motifs is 2. The second kappa shape index (κ2) is 6.93. The normalized spacial score (nSPS) is 21.9. The van der Waals surface area contributed by atoms with Crippen LogP contribution < -0.4 is 9.47 Å². The van der Waals surface area contributed by atoms with Gasteiger partial charge in [-0.3, -0.25) is 9.69 Å². The van der Waals surface area contributed by atoms with Gasteiger partial charge in [0, 0.05) is 38.1 Å². The van der Waals surface area contributed by atoms with Crippen molar-refractivity contribution in [2.75, 3.05) is 39.4 Å². The average molecular weight is 367 g/mol. The van der Waals surface area contributed by atoms with Crippen LogP contribution in [0.2, 0.25) is 0 Å². The smallest absolute Gasteiger partial charge is 0.236 e. The largest absolute Gasteiger partial charge is 0.486 e. The van der Waals surface area contributed by atoms with Crippen LogP contribution in [-0.2, 0) is 11.3 Å². The van der Waals surface area contributed by atoms with E-state index in [0.29, 0.717) is 19.8 Å². The van der Waals surface area contributed by atoms with Crippen molar-refractivity contribution in [3.05, 3.63) is 47.8 Å². The van der Waals surface area contributed by atoms with Crippen molar-refractivity contribution in [1.29, 1.82) is 0 Å². The summed E-state index contributed by atoms with van der Waals surface area (Å²) in [7, 11) is 0. The Kier molecular flexibility index (Phi) is 4.28. The quantitative estimate of drug-likeness (QED) is 0.835. The molecule has 5 rings (SSSR count). The molecule has 6 heteroatoms. The van der Waals surface area contributed by atoms with Crippen LogP contribution in [0.1, 0.15) is 30.1 Å². The van der Waals surface area contributed by atoms with Crippen molar-refractivity contribution in [2.45, 2.75) is 25.4 Å². The van der Waals surface area contributed by atoms with Gasteiger partial charge < -0.3 is 18.9 Å². The summed E-state index contributed by atoms with van der Waals surface area (Å²) in [6, 6.07) is 10.5. The maximum Gasteiger partial charge on any atom is 0.236 e. The number of hydrogen-bond donors (Lipinski definition) is 0. The third kappa shape index (κ3) is 3.08. The Morgan fingerprint density at radius 3 is 2.67 bits per heavy atom. The van der Waals surface area contributed by atoms with E-state index in [4.69, 9.17) is 9.47 Å². The lowest BCUT2D eigenvalue weighted by molar-refractivity contribution is -0.132. The van der Waals surface area contributed by atoms with Gasteiger partial charge in [0.2, 0.25) is 5.91 Å². The fourth-order valence-corrected chi connectivity index (χ4v) is 4.45. The molecule has 6 nitrogen and oxygen atoms in total. The van der Waals surface area contributed by atoms with E-state index in [1.54, 1.807) is 0 Å². The first-order valence-corrected chi connectivity index (χ1v) is 9.86. The van der Waals surface area contributed by atoms with Crippen molar-refractivity contribution in [1.82, 2.24) is 14.4 Å². The number of hydrogen-bond acceptors (Lipinski definition) is 4. The fourth-order valence-electron chi connectivity index (χ4n) is 4.45. The van der Waals surface area contributed by atoms with Gasteiger partial charge in [-0.25, -0.2) is 0 Å². The monoisotopic (exact) mass is 367 g/mol. The number of benzene rings is 1. The lowest BCUT2D eigenvalue weighted by atomic mass is 9.99. The van der Waals surface area contributed by atoms with Crippen LogP contribution >= 0.6 is 0 Å². The maximum atomic E-state index is 12.8. The lowest BCUT2D eigenvalue weighted by Crippen LogP contribution is -2.45. The van der Waals surface area contributed by atoms with E-state index in [1.165, 1.54) is 5.69 Å². The number of likely N-dealkylation sites (tertiary alicyclic amines) is 1. The molecule has 0 radical (unpaired) electrons. The Bertz CT molecular complexity index is 841. The first-order valence-electron chi connectivity index (χ1n) is 9.86. The molecule has 2 aromatic rings. The zero-order valence-corrected chi connectivity index (χ0v) is 15.5. The van der Waals surface area contributed by atoms with Crippen molar-refractivity contribution in [3.63, 3.8) is 0 Å². The van der Waals surface area contributed by atoms with Gasteiger partial charge in [0.05, 0.1) is 12.6 Å². The highest BCUT2D eigenvalue weighted by molar-refractivity contribution is 5.78. The van der Waals surface area contributed by atoms with E-state index >= 15 is 0 Å². The molecule has 3 aliphatic rings. The van der Waals surface area contributed by atoms with Crippen molar-refractivity contribution in [3.8, 4) is 11.5 Å². The van der Waals surface area contributed by atoms with Crippen LogP contribution in [0.15, 0.2) is 36.5 Å². The van der Waals surface area contributed by atoms with Gasteiger partial charge in [-0.2, -0.15) is 0 Å². The molecule has 0 unspecified atom stereocenters. The molecule has 3 aliphatic heterocycles. The minimum Gasteiger partial charge on any atom is -0.486 e. The molecule has 1 fully saturated rings. The van der Waals surface area contributed by atoms with Gasteiger partial charge in [-0.15, -0.1) is 0 Å². The molecular weight excluding hydrogens is 342 g/mol. The maximum absolute atomic E-state index is 12.8. The van der Waals surface area contributed by atoms with Gasteiger partial charge in [0.1, 0.15) is 13.2 Å². The summed E-state index contributed by atoms with van der Waals surface area (Å²) >= 11 is 0. The number of aromatic nitrogens is 1. The van der Waals surface area contributed by atoms with E-state index in [9.17, 15) is 4.79 Å². The van der Waals surface area contributed by atoms with E-state index in [2.05, 4.69) is 39.9 Å². The Morgan fingerprint density at radius 1 is 1.00 bits per heavy atom. The highest BCUT2D eigenvalue weighted by Gasteiger charge is 2.32. The van der Waals surface area contributed by atoms with Crippen molar-refractivity contribution >= 4 is 5.91 Å². The van der Waals surface area contributed by atoms with Gasteiger partial charge in [-0.1, -0.05) is 6.07 Å². The van der Waals surface area contributed by atoms with Crippen LogP contribution in [-0.4, -0.2) is 59.7 Å². The Morgan fingerprint density at radius 2 is 1.81 bits per heavy atom. The molecule has 0 bridgehead atoms. The molecular formula is C21H25N3O3. The highest BCUT2D eigenvalue weighted by Crippen LogP contribution is 2.38. The SMILES string of the molecule is O=C(CN1CCn2cccc2[C@H]1c1ccc2c(c1)OCCO2)N1CCCC1. The standard InChI is InChI=1S/C21H25N3O3/c25-20(23-7-1-2-8-23)15-24-11-10-22-9-3-4-17(22)21(24)16-5-6-18-19(14-16)27-13-12-26-18/h3-6,9,14,21H,1-2,7-8,10-13,15H2/t21-/m1/s1. The predicted molar refractivity (Wildman–Crippen MR) is 101 cm³/mol. The van der Waals surface area contributed by atoms with E-state index in [0.717, 1.165) is 56.1 Å². The van der Waals surface area contributed by atoms with Gasteiger partial charge >= 0.3 is 0 Å². The molecule has 1 atom stereocenters. The summed E-state index contributed by atoms with van der Waals surface area (Å²) in [4.78, 5) is 17.1. The average Bonchev–Trinajstić information content (AvgIpc) is 3.39. The minimum atomic E-state index is 0.0520. The van der Waals surface area contributed by atoms with Crippen molar-refractivity contribution in [2.24, 2.45) is 0 Å². The highest BCUT2D eigenvalue weighted by atomic mass is 16.6. The zero-order valence-electron chi connectivity index (χ0n) is 15.5. The summed E-state index contributed by atoms with van der Waals surface area (Å²) in [6.45, 7) is 5.21. The predicted octanol–water partition coefficient (Wildman–Crippen LogP) is 2.29. The number of amides is 1. The van der Waals surface area contributed by atoms with Gasteiger partial charge in [-0.05, 0) is 42.7 Å². The van der Waals surface area contributed by atoms with Crippen LogP contribution in [0.5, 0.6) is 11.5 Å². The van der Waals surface area contributed by atoms with E-state index < -0.39 is 0 Å². The second-order valence-corrected chi connectivity index (χ2v) is 7.49.